The van der Waals surface area contributed by atoms with Crippen LogP contribution in [-0.2, 0) is 36.1 Å². The van der Waals surface area contributed by atoms with Crippen LogP contribution in [0.15, 0.2) is 73.1 Å². The van der Waals surface area contributed by atoms with Gasteiger partial charge in [-0.3, -0.25) is 0 Å². The van der Waals surface area contributed by atoms with E-state index in [1.54, 1.807) is 0 Å². The van der Waals surface area contributed by atoms with Crippen LogP contribution in [0.4, 0.5) is 0 Å². The molecule has 0 fully saturated rings. The Hall–Kier alpha value is -2.32. The summed E-state index contributed by atoms with van der Waals surface area (Å²) in [6, 6.07) is 22.7. The summed E-state index contributed by atoms with van der Waals surface area (Å²) in [7, 11) is 0. The molecule has 0 radical (unpaired) electrons. The third-order valence-electron chi connectivity index (χ3n) is 7.81. The topological polar surface area (TPSA) is 25.8 Å². The second-order valence-corrected chi connectivity index (χ2v) is 13.9. The molecule has 0 spiro atoms. The Balaban J connectivity index is 0.00000176. The van der Waals surface area contributed by atoms with Gasteiger partial charge in [-0.15, -0.1) is 0 Å². The maximum atomic E-state index is 4.91. The van der Waals surface area contributed by atoms with Gasteiger partial charge in [0, 0.05) is 0 Å². The quantitative estimate of drug-likeness (QED) is 0.327. The van der Waals surface area contributed by atoms with Gasteiger partial charge in [0.05, 0.1) is 0 Å². The van der Waals surface area contributed by atoms with Crippen LogP contribution in [0.1, 0.15) is 77.0 Å². The van der Waals surface area contributed by atoms with E-state index >= 15 is 0 Å². The monoisotopic (exact) mass is 628 g/mol. The molecule has 196 valence electrons. The second kappa shape index (κ2) is 12.5. The number of halogens is 2. The predicted octanol–water partition coefficient (Wildman–Crippen LogP) is 2.20. The minimum atomic E-state index is -1.10. The van der Waals surface area contributed by atoms with Gasteiger partial charge >= 0.3 is 233 Å². The Kier molecular flexibility index (Phi) is 9.48. The second-order valence-electron chi connectivity index (χ2n) is 10.2. The van der Waals surface area contributed by atoms with Crippen molar-refractivity contribution in [2.45, 2.75) is 47.8 Å². The number of fused-ring (bicyclic) bond motifs is 2. The Morgan fingerprint density at radius 2 is 1.05 bits per heavy atom. The summed E-state index contributed by atoms with van der Waals surface area (Å²) in [6.45, 7) is 8.77. The van der Waals surface area contributed by atoms with Crippen LogP contribution in [0, 0.1) is 13.8 Å². The van der Waals surface area contributed by atoms with E-state index in [0.717, 1.165) is 24.2 Å². The SMILES string of the molecule is CCc1cccc2c1C=C(c1ccc(C)cn1)[CH]2[Zr+2][CH]1C(c2ccc(C)cn2)=Cc2c(CC)cccc21.[Cl-].[Cl-]. The molecule has 39 heavy (non-hydrogen) atoms. The van der Waals surface area contributed by atoms with E-state index < -0.39 is 23.2 Å². The third-order valence-corrected chi connectivity index (χ3v) is 12.5. The Morgan fingerprint density at radius 1 is 0.615 bits per heavy atom. The average molecular weight is 631 g/mol. The fraction of sp³-hybridized carbons (Fsp3) is 0.235. The summed E-state index contributed by atoms with van der Waals surface area (Å²) in [5.74, 6) is 0. The standard InChI is InChI=1S/2C17H16N.2ClH.Zr/c2*1-3-13-5-4-6-14-9-15(10-16(13)14)17-8-7-12(2)11-18-17;;;/h2*4-11H,3H2,1-2H3;2*1H;/q;;;;+2/p-2. The van der Waals surface area contributed by atoms with Gasteiger partial charge in [0.15, 0.2) is 0 Å². The number of aryl methyl sites for hydroxylation is 4. The average Bonchev–Trinajstić information content (AvgIpc) is 3.48. The zero-order chi connectivity index (χ0) is 25.5. The number of rotatable bonds is 6. The van der Waals surface area contributed by atoms with Crippen LogP contribution in [0.3, 0.4) is 0 Å². The molecule has 2 aromatic heterocycles. The van der Waals surface area contributed by atoms with Crippen LogP contribution in [-0.4, -0.2) is 9.97 Å². The van der Waals surface area contributed by atoms with E-state index in [-0.39, 0.29) is 24.8 Å². The molecule has 5 heteroatoms. The summed E-state index contributed by atoms with van der Waals surface area (Å²) in [5, 5.41) is 0. The van der Waals surface area contributed by atoms with Crippen molar-refractivity contribution < 1.29 is 48.0 Å². The molecule has 0 saturated carbocycles. The fourth-order valence-corrected chi connectivity index (χ4v) is 10.8. The first-order valence-electron chi connectivity index (χ1n) is 13.4. The number of hydrogen-bond acceptors (Lipinski definition) is 2. The van der Waals surface area contributed by atoms with E-state index in [9.17, 15) is 0 Å². The maximum absolute atomic E-state index is 4.91. The minimum absolute atomic E-state index is 0. The van der Waals surface area contributed by atoms with E-state index in [4.69, 9.17) is 9.97 Å². The van der Waals surface area contributed by atoms with Crippen LogP contribution < -0.4 is 24.8 Å². The van der Waals surface area contributed by atoms with Crippen LogP contribution >= 0.6 is 0 Å². The Morgan fingerprint density at radius 3 is 1.41 bits per heavy atom. The molecule has 6 rings (SSSR count). The van der Waals surface area contributed by atoms with Gasteiger partial charge in [-0.1, -0.05) is 0 Å². The van der Waals surface area contributed by atoms with Crippen molar-refractivity contribution in [2.75, 3.05) is 0 Å². The first-order chi connectivity index (χ1) is 18.1. The number of nitrogens with zero attached hydrogens (tertiary/aromatic N) is 2. The smallest absolute Gasteiger partial charge is 1.00 e. The first-order valence-corrected chi connectivity index (χ1v) is 16.2. The zero-order valence-corrected chi connectivity index (χ0v) is 26.8. The Labute approximate surface area is 256 Å². The molecule has 0 saturated heterocycles. The van der Waals surface area contributed by atoms with Gasteiger partial charge in [0.2, 0.25) is 0 Å². The Bertz CT molecular complexity index is 1420. The molecular formula is C34H32Cl2N2Zr. The van der Waals surface area contributed by atoms with E-state index in [1.807, 2.05) is 12.4 Å². The maximum Gasteiger partial charge on any atom is -1.00 e. The van der Waals surface area contributed by atoms with Gasteiger partial charge in [-0.25, -0.2) is 0 Å². The van der Waals surface area contributed by atoms with Crippen LogP contribution in [0.5, 0.6) is 0 Å². The summed E-state index contributed by atoms with van der Waals surface area (Å²) in [4.78, 5) is 9.83. The fourth-order valence-electron chi connectivity index (χ4n) is 5.80. The van der Waals surface area contributed by atoms with E-state index in [0.29, 0.717) is 7.25 Å². The molecule has 2 aromatic carbocycles. The molecule has 4 aromatic rings. The van der Waals surface area contributed by atoms with Gasteiger partial charge in [-0.05, 0) is 0 Å². The molecule has 0 N–H and O–H groups in total. The first kappa shape index (κ1) is 29.7. The number of aromatic nitrogens is 2. The molecule has 0 amide bonds. The molecule has 2 heterocycles. The minimum Gasteiger partial charge on any atom is -1.00 e. The molecule has 2 aliphatic rings. The van der Waals surface area contributed by atoms with Crippen molar-refractivity contribution in [1.82, 2.24) is 9.97 Å². The number of allylic oxidation sites excluding steroid dienone is 2. The summed E-state index contributed by atoms with van der Waals surface area (Å²) < 4.78 is 0.908. The van der Waals surface area contributed by atoms with Gasteiger partial charge in [0.25, 0.3) is 0 Å². The van der Waals surface area contributed by atoms with Crippen molar-refractivity contribution in [3.8, 4) is 0 Å². The molecular weight excluding hydrogens is 599 g/mol. The van der Waals surface area contributed by atoms with Crippen molar-refractivity contribution in [1.29, 1.82) is 0 Å². The third kappa shape index (κ3) is 5.51. The molecule has 0 bridgehead atoms. The van der Waals surface area contributed by atoms with Crippen molar-refractivity contribution in [3.05, 3.63) is 129 Å². The normalized spacial score (nSPS) is 16.7. The van der Waals surface area contributed by atoms with Gasteiger partial charge < -0.3 is 24.8 Å². The molecule has 2 atom stereocenters. The van der Waals surface area contributed by atoms with Crippen molar-refractivity contribution >= 4 is 23.3 Å². The zero-order valence-electron chi connectivity index (χ0n) is 22.8. The van der Waals surface area contributed by atoms with E-state index in [2.05, 4.69) is 101 Å². The van der Waals surface area contributed by atoms with Crippen LogP contribution in [0.25, 0.3) is 23.3 Å². The number of hydrogen-bond donors (Lipinski definition) is 0. The summed E-state index contributed by atoms with van der Waals surface area (Å²) in [6.07, 6.45) is 11.1. The van der Waals surface area contributed by atoms with Gasteiger partial charge in [0.1, 0.15) is 0 Å². The van der Waals surface area contributed by atoms with Crippen molar-refractivity contribution in [3.63, 3.8) is 0 Å². The molecule has 2 aliphatic carbocycles. The molecule has 2 nitrogen and oxygen atoms in total. The van der Waals surface area contributed by atoms with Crippen molar-refractivity contribution in [2.24, 2.45) is 0 Å². The largest absolute Gasteiger partial charge is 1.00 e. The number of pyridine rings is 2. The predicted molar refractivity (Wildman–Crippen MR) is 151 cm³/mol. The van der Waals surface area contributed by atoms with Crippen LogP contribution in [0.2, 0.25) is 0 Å². The summed E-state index contributed by atoms with van der Waals surface area (Å²) in [5.41, 5.74) is 16.3. The number of benzene rings is 2. The molecule has 0 aliphatic heterocycles. The van der Waals surface area contributed by atoms with Gasteiger partial charge in [-0.2, -0.15) is 0 Å². The summed E-state index contributed by atoms with van der Waals surface area (Å²) >= 11 is -1.10. The van der Waals surface area contributed by atoms with E-state index in [1.165, 1.54) is 55.7 Å². The molecule has 2 unspecified atom stereocenters.